The van der Waals surface area contributed by atoms with E-state index in [4.69, 9.17) is 11.6 Å². The van der Waals surface area contributed by atoms with Crippen LogP contribution in [-0.2, 0) is 4.79 Å². The van der Waals surface area contributed by atoms with E-state index in [2.05, 4.69) is 15.8 Å². The SMILES string of the molecule is O=C(CNC(=O)c1ccc(Cl)cc1)NN=Cc1cc([N+](=O)[O-])ccc1O. The van der Waals surface area contributed by atoms with E-state index in [1.54, 1.807) is 12.1 Å². The fourth-order valence-electron chi connectivity index (χ4n) is 1.84. The molecule has 0 atom stereocenters. The highest BCUT2D eigenvalue weighted by Crippen LogP contribution is 2.21. The van der Waals surface area contributed by atoms with Crippen molar-refractivity contribution in [3.63, 3.8) is 0 Å². The largest absolute Gasteiger partial charge is 0.507 e. The number of hydrazone groups is 1. The minimum Gasteiger partial charge on any atom is -0.507 e. The number of nitrogens with one attached hydrogen (secondary N) is 2. The summed E-state index contributed by atoms with van der Waals surface area (Å²) in [5.74, 6) is -1.31. The Bertz CT molecular complexity index is 867. The van der Waals surface area contributed by atoms with E-state index in [0.717, 1.165) is 24.4 Å². The molecule has 0 heterocycles. The molecule has 26 heavy (non-hydrogen) atoms. The molecule has 0 spiro atoms. The number of nitro groups is 1. The van der Waals surface area contributed by atoms with Crippen LogP contribution in [0, 0.1) is 10.1 Å². The molecule has 134 valence electrons. The normalized spacial score (nSPS) is 10.5. The van der Waals surface area contributed by atoms with Gasteiger partial charge in [-0.05, 0) is 30.3 Å². The number of nitrogens with zero attached hydrogens (tertiary/aromatic N) is 2. The van der Waals surface area contributed by atoms with Crippen LogP contribution in [0.1, 0.15) is 15.9 Å². The number of hydrogen-bond acceptors (Lipinski definition) is 6. The van der Waals surface area contributed by atoms with Crippen LogP contribution >= 0.6 is 11.6 Å². The zero-order valence-corrected chi connectivity index (χ0v) is 13.9. The van der Waals surface area contributed by atoms with Crippen molar-refractivity contribution in [1.29, 1.82) is 0 Å². The first kappa shape index (κ1) is 18.9. The van der Waals surface area contributed by atoms with Gasteiger partial charge in [0.2, 0.25) is 0 Å². The Labute approximate surface area is 152 Å². The van der Waals surface area contributed by atoms with Gasteiger partial charge in [-0.15, -0.1) is 0 Å². The average Bonchev–Trinajstić information content (AvgIpc) is 2.61. The molecule has 0 aliphatic rings. The fraction of sp³-hybridized carbons (Fsp3) is 0.0625. The third-order valence-electron chi connectivity index (χ3n) is 3.13. The van der Waals surface area contributed by atoms with E-state index >= 15 is 0 Å². The van der Waals surface area contributed by atoms with Crippen LogP contribution < -0.4 is 10.7 Å². The first-order valence-electron chi connectivity index (χ1n) is 7.20. The van der Waals surface area contributed by atoms with Crippen molar-refractivity contribution >= 4 is 35.3 Å². The first-order chi connectivity index (χ1) is 12.4. The second-order valence-corrected chi connectivity index (χ2v) is 5.42. The first-order valence-corrected chi connectivity index (χ1v) is 7.57. The predicted octanol–water partition coefficient (Wildman–Crippen LogP) is 1.83. The molecular formula is C16H13ClN4O5. The summed E-state index contributed by atoms with van der Waals surface area (Å²) >= 11 is 5.72. The minimum absolute atomic E-state index is 0.0599. The molecule has 0 radical (unpaired) electrons. The van der Waals surface area contributed by atoms with Crippen molar-refractivity contribution in [3.05, 3.63) is 68.7 Å². The van der Waals surface area contributed by atoms with Crippen LogP contribution in [0.2, 0.25) is 5.02 Å². The molecule has 9 nitrogen and oxygen atoms in total. The van der Waals surface area contributed by atoms with Gasteiger partial charge in [-0.1, -0.05) is 11.6 Å². The van der Waals surface area contributed by atoms with Crippen LogP contribution in [0.4, 0.5) is 5.69 Å². The van der Waals surface area contributed by atoms with E-state index in [9.17, 15) is 24.8 Å². The van der Waals surface area contributed by atoms with Crippen LogP contribution in [0.15, 0.2) is 47.6 Å². The Morgan fingerprint density at radius 2 is 1.92 bits per heavy atom. The molecular weight excluding hydrogens is 364 g/mol. The number of phenolic OH excluding ortho intramolecular Hbond substituents is 1. The minimum atomic E-state index is -0.623. The zero-order chi connectivity index (χ0) is 19.1. The molecule has 10 heteroatoms. The lowest BCUT2D eigenvalue weighted by atomic mass is 10.2. The smallest absolute Gasteiger partial charge is 0.270 e. The van der Waals surface area contributed by atoms with Gasteiger partial charge in [0.1, 0.15) is 5.75 Å². The van der Waals surface area contributed by atoms with Crippen LogP contribution in [-0.4, -0.2) is 34.6 Å². The monoisotopic (exact) mass is 376 g/mol. The number of nitro benzene ring substituents is 1. The molecule has 0 aliphatic heterocycles. The molecule has 2 rings (SSSR count). The summed E-state index contributed by atoms with van der Waals surface area (Å²) in [5.41, 5.74) is 2.31. The van der Waals surface area contributed by atoms with Gasteiger partial charge in [-0.3, -0.25) is 19.7 Å². The van der Waals surface area contributed by atoms with Crippen molar-refractivity contribution in [2.75, 3.05) is 6.54 Å². The highest BCUT2D eigenvalue weighted by Gasteiger charge is 2.10. The molecule has 0 saturated heterocycles. The number of non-ortho nitro benzene ring substituents is 1. The molecule has 3 N–H and O–H groups in total. The van der Waals surface area contributed by atoms with Crippen molar-refractivity contribution in [3.8, 4) is 5.75 Å². The highest BCUT2D eigenvalue weighted by atomic mass is 35.5. The zero-order valence-electron chi connectivity index (χ0n) is 13.2. The van der Waals surface area contributed by atoms with Gasteiger partial charge in [0.05, 0.1) is 17.7 Å². The predicted molar refractivity (Wildman–Crippen MR) is 94.3 cm³/mol. The second kappa shape index (κ2) is 8.58. The molecule has 0 fully saturated rings. The lowest BCUT2D eigenvalue weighted by molar-refractivity contribution is -0.384. The van der Waals surface area contributed by atoms with Gasteiger partial charge in [-0.2, -0.15) is 5.10 Å². The Kier molecular flexibility index (Phi) is 6.23. The summed E-state index contributed by atoms with van der Waals surface area (Å²) in [6.45, 7) is -0.334. The fourth-order valence-corrected chi connectivity index (χ4v) is 1.96. The van der Waals surface area contributed by atoms with Gasteiger partial charge >= 0.3 is 0 Å². The average molecular weight is 377 g/mol. The van der Waals surface area contributed by atoms with Gasteiger partial charge in [0, 0.05) is 28.3 Å². The van der Waals surface area contributed by atoms with E-state index in [1.165, 1.54) is 12.1 Å². The summed E-state index contributed by atoms with van der Waals surface area (Å²) in [5, 5.41) is 26.8. The maximum Gasteiger partial charge on any atom is 0.270 e. The summed E-state index contributed by atoms with van der Waals surface area (Å²) in [6, 6.07) is 9.51. The van der Waals surface area contributed by atoms with Gasteiger partial charge in [0.15, 0.2) is 0 Å². The summed E-state index contributed by atoms with van der Waals surface area (Å²) in [4.78, 5) is 33.6. The number of halogens is 1. The Morgan fingerprint density at radius 3 is 2.58 bits per heavy atom. The van der Waals surface area contributed by atoms with Crippen LogP contribution in [0.3, 0.4) is 0 Å². The number of benzene rings is 2. The quantitative estimate of drug-likeness (QED) is 0.401. The second-order valence-electron chi connectivity index (χ2n) is 4.98. The molecule has 0 bridgehead atoms. The van der Waals surface area contributed by atoms with E-state index < -0.39 is 16.7 Å². The number of carbonyl (C=O) groups is 2. The Hall–Kier alpha value is -3.46. The number of aromatic hydroxyl groups is 1. The summed E-state index contributed by atoms with van der Waals surface area (Å²) in [6.07, 6.45) is 1.06. The van der Waals surface area contributed by atoms with Crippen molar-refractivity contribution in [2.45, 2.75) is 0 Å². The van der Waals surface area contributed by atoms with E-state index in [-0.39, 0.29) is 23.5 Å². The number of phenols is 1. The lowest BCUT2D eigenvalue weighted by Gasteiger charge is -2.04. The Morgan fingerprint density at radius 1 is 1.23 bits per heavy atom. The number of hydrogen-bond donors (Lipinski definition) is 3. The van der Waals surface area contributed by atoms with E-state index in [1.807, 2.05) is 0 Å². The third-order valence-corrected chi connectivity index (χ3v) is 3.38. The topological polar surface area (TPSA) is 134 Å². The molecule has 0 saturated carbocycles. The summed E-state index contributed by atoms with van der Waals surface area (Å²) in [7, 11) is 0. The lowest BCUT2D eigenvalue weighted by Crippen LogP contribution is -2.34. The van der Waals surface area contributed by atoms with Gasteiger partial charge in [-0.25, -0.2) is 5.43 Å². The molecule has 0 aliphatic carbocycles. The maximum absolute atomic E-state index is 11.8. The molecule has 2 aromatic carbocycles. The van der Waals surface area contributed by atoms with Crippen LogP contribution in [0.25, 0.3) is 0 Å². The van der Waals surface area contributed by atoms with Gasteiger partial charge < -0.3 is 10.4 Å². The summed E-state index contributed by atoms with van der Waals surface area (Å²) < 4.78 is 0. The number of rotatable bonds is 6. The van der Waals surface area contributed by atoms with Crippen molar-refractivity contribution in [2.24, 2.45) is 5.10 Å². The third kappa shape index (κ3) is 5.28. The highest BCUT2D eigenvalue weighted by molar-refractivity contribution is 6.30. The molecule has 0 unspecified atom stereocenters. The number of amides is 2. The van der Waals surface area contributed by atoms with Crippen LogP contribution in [0.5, 0.6) is 5.75 Å². The molecule has 2 aromatic rings. The Balaban J connectivity index is 1.87. The molecule has 2 amide bonds. The standard InChI is InChI=1S/C16H13ClN4O5/c17-12-3-1-10(2-4-12)16(24)18-9-15(23)20-19-8-11-7-13(21(25)26)5-6-14(11)22/h1-8,22H,9H2,(H,18,24)(H,20,23). The maximum atomic E-state index is 11.8. The molecule has 0 aromatic heterocycles. The van der Waals surface area contributed by atoms with Crippen molar-refractivity contribution < 1.29 is 19.6 Å². The number of carbonyl (C=O) groups excluding carboxylic acids is 2. The van der Waals surface area contributed by atoms with Crippen molar-refractivity contribution in [1.82, 2.24) is 10.7 Å². The van der Waals surface area contributed by atoms with E-state index in [0.29, 0.717) is 10.6 Å². The van der Waals surface area contributed by atoms with Gasteiger partial charge in [0.25, 0.3) is 17.5 Å².